The predicted octanol–water partition coefficient (Wildman–Crippen LogP) is 4.22. The molecule has 2 heterocycles. The molecule has 26 heavy (non-hydrogen) atoms. The Balaban J connectivity index is 0.000000242. The highest BCUT2D eigenvalue weighted by molar-refractivity contribution is 7.99. The van der Waals surface area contributed by atoms with Gasteiger partial charge in [0.25, 0.3) is 0 Å². The third kappa shape index (κ3) is 4.14. The fraction of sp³-hybridized carbons (Fsp3) is 0.0625. The number of nitrogens with one attached hydrogen (secondary N) is 2. The number of carboxylic acids is 1. The number of aromatic amines is 2. The monoisotopic (exact) mass is 380 g/mol. The number of hydrogen-bond acceptors (Lipinski definition) is 4. The number of hydrogen-bond donors (Lipinski definition) is 3. The average Bonchev–Trinajstić information content (AvgIpc) is 3.16. The van der Waals surface area contributed by atoms with Crippen molar-refractivity contribution >= 4 is 39.8 Å². The van der Waals surface area contributed by atoms with Gasteiger partial charge in [-0.3, -0.25) is 0 Å². The van der Waals surface area contributed by atoms with Crippen LogP contribution in [-0.4, -0.2) is 37.2 Å². The van der Waals surface area contributed by atoms with Crippen molar-refractivity contribution in [3.05, 3.63) is 48.5 Å². The molecule has 0 amide bonds. The average molecular weight is 380 g/mol. The van der Waals surface area contributed by atoms with Gasteiger partial charge in [-0.25, -0.2) is 14.8 Å². The van der Waals surface area contributed by atoms with Gasteiger partial charge in [-0.2, -0.15) is 13.2 Å². The number of imidazole rings is 2. The van der Waals surface area contributed by atoms with E-state index < -0.39 is 12.1 Å². The third-order valence-electron chi connectivity index (χ3n) is 3.17. The van der Waals surface area contributed by atoms with E-state index in [-0.39, 0.29) is 0 Å². The summed E-state index contributed by atoms with van der Waals surface area (Å²) in [7, 11) is 0. The van der Waals surface area contributed by atoms with Crippen LogP contribution in [0.3, 0.4) is 0 Å². The lowest BCUT2D eigenvalue weighted by Crippen LogP contribution is -2.21. The second-order valence-corrected chi connectivity index (χ2v) is 6.00. The first-order chi connectivity index (χ1) is 12.3. The second-order valence-electron chi connectivity index (χ2n) is 5.02. The molecule has 6 nitrogen and oxygen atoms in total. The van der Waals surface area contributed by atoms with Crippen molar-refractivity contribution in [2.24, 2.45) is 0 Å². The van der Waals surface area contributed by atoms with Gasteiger partial charge in [-0.05, 0) is 36.0 Å². The Morgan fingerprint density at radius 2 is 1.27 bits per heavy atom. The number of para-hydroxylation sites is 4. The van der Waals surface area contributed by atoms with Gasteiger partial charge in [-0.15, -0.1) is 0 Å². The second kappa shape index (κ2) is 7.08. The smallest absolute Gasteiger partial charge is 0.475 e. The van der Waals surface area contributed by atoms with Crippen molar-refractivity contribution in [2.45, 2.75) is 16.5 Å². The van der Waals surface area contributed by atoms with Crippen LogP contribution in [0.4, 0.5) is 13.2 Å². The molecule has 0 atom stereocenters. The van der Waals surface area contributed by atoms with Crippen LogP contribution in [0.2, 0.25) is 0 Å². The summed E-state index contributed by atoms with van der Waals surface area (Å²) in [4.78, 5) is 24.5. The van der Waals surface area contributed by atoms with Crippen LogP contribution in [0.5, 0.6) is 0 Å². The van der Waals surface area contributed by atoms with E-state index in [1.54, 1.807) is 0 Å². The van der Waals surface area contributed by atoms with Gasteiger partial charge in [0.15, 0.2) is 10.3 Å². The van der Waals surface area contributed by atoms with Gasteiger partial charge >= 0.3 is 12.1 Å². The Morgan fingerprint density at radius 1 is 0.885 bits per heavy atom. The van der Waals surface area contributed by atoms with E-state index in [2.05, 4.69) is 19.9 Å². The highest BCUT2D eigenvalue weighted by Gasteiger charge is 2.38. The number of rotatable bonds is 2. The predicted molar refractivity (Wildman–Crippen MR) is 90.0 cm³/mol. The molecule has 0 spiro atoms. The van der Waals surface area contributed by atoms with E-state index in [4.69, 9.17) is 9.90 Å². The first-order valence-electron chi connectivity index (χ1n) is 7.20. The summed E-state index contributed by atoms with van der Waals surface area (Å²) in [6.07, 6.45) is -5.08. The number of alkyl halides is 3. The molecule has 10 heteroatoms. The molecule has 4 aromatic rings. The number of H-pyrrole nitrogens is 2. The van der Waals surface area contributed by atoms with Crippen molar-refractivity contribution in [2.75, 3.05) is 0 Å². The third-order valence-corrected chi connectivity index (χ3v) is 3.94. The fourth-order valence-corrected chi connectivity index (χ4v) is 2.84. The number of benzene rings is 2. The molecule has 0 aliphatic rings. The Labute approximate surface area is 148 Å². The van der Waals surface area contributed by atoms with Crippen LogP contribution in [0, 0.1) is 0 Å². The number of aliphatic carboxylic acids is 1. The van der Waals surface area contributed by atoms with Gasteiger partial charge < -0.3 is 15.1 Å². The molecule has 0 saturated carbocycles. The molecule has 0 bridgehead atoms. The number of halogens is 3. The first-order valence-corrected chi connectivity index (χ1v) is 8.02. The van der Waals surface area contributed by atoms with Crippen molar-refractivity contribution in [1.29, 1.82) is 0 Å². The van der Waals surface area contributed by atoms with Crippen LogP contribution >= 0.6 is 11.8 Å². The minimum atomic E-state index is -5.08. The summed E-state index contributed by atoms with van der Waals surface area (Å²) in [6.45, 7) is 0. The summed E-state index contributed by atoms with van der Waals surface area (Å²) in [5.74, 6) is -2.76. The molecule has 0 unspecified atom stereocenters. The van der Waals surface area contributed by atoms with E-state index >= 15 is 0 Å². The lowest BCUT2D eigenvalue weighted by atomic mass is 10.3. The quantitative estimate of drug-likeness (QED) is 0.484. The molecule has 4 rings (SSSR count). The number of fused-ring (bicyclic) bond motifs is 2. The molecule has 0 fully saturated rings. The van der Waals surface area contributed by atoms with Crippen molar-refractivity contribution in [3.8, 4) is 0 Å². The molecule has 0 aliphatic heterocycles. The summed E-state index contributed by atoms with van der Waals surface area (Å²) in [5, 5.41) is 8.82. The lowest BCUT2D eigenvalue weighted by Gasteiger charge is -1.93. The summed E-state index contributed by atoms with van der Waals surface area (Å²) >= 11 is 1.51. The normalized spacial score (nSPS) is 11.3. The van der Waals surface area contributed by atoms with E-state index in [1.165, 1.54) is 11.8 Å². The van der Waals surface area contributed by atoms with Crippen molar-refractivity contribution < 1.29 is 23.1 Å². The van der Waals surface area contributed by atoms with E-state index in [1.807, 2.05) is 48.5 Å². The molecule has 0 radical (unpaired) electrons. The van der Waals surface area contributed by atoms with Gasteiger partial charge in [0.1, 0.15) is 0 Å². The van der Waals surface area contributed by atoms with Gasteiger partial charge in [0.2, 0.25) is 0 Å². The zero-order valence-electron chi connectivity index (χ0n) is 12.9. The fourth-order valence-electron chi connectivity index (χ4n) is 2.05. The lowest BCUT2D eigenvalue weighted by molar-refractivity contribution is -0.192. The Bertz CT molecular complexity index is 920. The standard InChI is InChI=1S/C14H10N4S.C2HF3O2/c1-2-6-10-9(5-1)15-13(16-10)19-14-17-11-7-3-4-8-12(11)18-14;3-2(4,5)1(6)7/h1-8H,(H,15,16)(H,17,18);(H,6,7). The summed E-state index contributed by atoms with van der Waals surface area (Å²) in [5.41, 5.74) is 4.03. The van der Waals surface area contributed by atoms with Gasteiger partial charge in [0, 0.05) is 0 Å². The summed E-state index contributed by atoms with van der Waals surface area (Å²) < 4.78 is 31.7. The summed E-state index contributed by atoms with van der Waals surface area (Å²) in [6, 6.07) is 16.0. The molecule has 2 aromatic carbocycles. The maximum atomic E-state index is 10.6. The zero-order chi connectivity index (χ0) is 18.7. The SMILES string of the molecule is O=C(O)C(F)(F)F.c1ccc2[nH]c(Sc3nc4ccccc4[nH]3)nc2c1. The molecule has 0 aliphatic carbocycles. The maximum absolute atomic E-state index is 10.6. The molecular weight excluding hydrogens is 369 g/mol. The zero-order valence-corrected chi connectivity index (χ0v) is 13.7. The van der Waals surface area contributed by atoms with Crippen LogP contribution in [0.15, 0.2) is 58.8 Å². The van der Waals surface area contributed by atoms with E-state index in [0.717, 1.165) is 32.4 Å². The Hall–Kier alpha value is -3.01. The first kappa shape index (κ1) is 17.8. The minimum absolute atomic E-state index is 0.847. The van der Waals surface area contributed by atoms with Crippen LogP contribution < -0.4 is 0 Å². The van der Waals surface area contributed by atoms with Gasteiger partial charge in [-0.1, -0.05) is 24.3 Å². The van der Waals surface area contributed by atoms with Crippen LogP contribution in [-0.2, 0) is 4.79 Å². The number of aromatic nitrogens is 4. The number of carbonyl (C=O) groups is 1. The van der Waals surface area contributed by atoms with E-state index in [9.17, 15) is 13.2 Å². The van der Waals surface area contributed by atoms with Crippen molar-refractivity contribution in [1.82, 2.24) is 19.9 Å². The van der Waals surface area contributed by atoms with Crippen LogP contribution in [0.1, 0.15) is 0 Å². The molecule has 2 aromatic heterocycles. The maximum Gasteiger partial charge on any atom is 0.490 e. The number of nitrogens with zero attached hydrogens (tertiary/aromatic N) is 2. The minimum Gasteiger partial charge on any atom is -0.475 e. The van der Waals surface area contributed by atoms with E-state index in [0.29, 0.717) is 0 Å². The van der Waals surface area contributed by atoms with Crippen molar-refractivity contribution in [3.63, 3.8) is 0 Å². The van der Waals surface area contributed by atoms with Gasteiger partial charge in [0.05, 0.1) is 22.1 Å². The largest absolute Gasteiger partial charge is 0.490 e. The molecule has 134 valence electrons. The van der Waals surface area contributed by atoms with Crippen LogP contribution in [0.25, 0.3) is 22.1 Å². The Morgan fingerprint density at radius 3 is 1.62 bits per heavy atom. The highest BCUT2D eigenvalue weighted by atomic mass is 32.2. The molecular formula is C16H11F3N4O2S. The number of carboxylic acid groups (broad SMARTS) is 1. The topological polar surface area (TPSA) is 94.7 Å². The Kier molecular flexibility index (Phi) is 4.85. The highest BCUT2D eigenvalue weighted by Crippen LogP contribution is 2.26. The molecule has 3 N–H and O–H groups in total. The molecule has 0 saturated heterocycles.